The molecule has 1 heterocycles. The Hall–Kier alpha value is -2.33. The Morgan fingerprint density at radius 3 is 2.62 bits per heavy atom. The molecule has 0 aliphatic carbocycles. The van der Waals surface area contributed by atoms with Crippen molar-refractivity contribution in [3.05, 3.63) is 18.2 Å². The van der Waals surface area contributed by atoms with E-state index in [1.165, 1.54) is 38.2 Å². The molecule has 0 radical (unpaired) electrons. The minimum atomic E-state index is -3.74. The van der Waals surface area contributed by atoms with Crippen molar-refractivity contribution in [3.8, 4) is 5.75 Å². The number of sulfonamides is 1. The van der Waals surface area contributed by atoms with Gasteiger partial charge in [0.2, 0.25) is 15.9 Å². The lowest BCUT2D eigenvalue weighted by molar-refractivity contribution is -0.121. The summed E-state index contributed by atoms with van der Waals surface area (Å²) in [6, 6.07) is 3.87. The molecule has 0 bridgehead atoms. The molecule has 144 valence electrons. The third-order valence-corrected chi connectivity index (χ3v) is 6.13. The minimum Gasteiger partial charge on any atom is -0.495 e. The summed E-state index contributed by atoms with van der Waals surface area (Å²) in [6.07, 6.45) is 1.32. The second kappa shape index (κ2) is 7.92. The average molecular weight is 384 g/mol. The van der Waals surface area contributed by atoms with E-state index in [-0.39, 0.29) is 23.1 Å². The van der Waals surface area contributed by atoms with Crippen LogP contribution in [0.15, 0.2) is 23.1 Å². The van der Waals surface area contributed by atoms with Crippen molar-refractivity contribution in [2.75, 3.05) is 39.6 Å². The number of piperidine rings is 1. The molecule has 0 unspecified atom stereocenters. The van der Waals surface area contributed by atoms with Gasteiger partial charge in [0.25, 0.3) is 0 Å². The Balaban J connectivity index is 2.22. The Morgan fingerprint density at radius 1 is 1.35 bits per heavy atom. The number of rotatable bonds is 5. The van der Waals surface area contributed by atoms with E-state index in [9.17, 15) is 18.0 Å². The van der Waals surface area contributed by atoms with Crippen LogP contribution >= 0.6 is 0 Å². The average Bonchev–Trinajstić information content (AvgIpc) is 2.61. The van der Waals surface area contributed by atoms with Crippen molar-refractivity contribution in [2.24, 2.45) is 11.7 Å². The second-order valence-electron chi connectivity index (χ2n) is 6.27. The monoisotopic (exact) mass is 384 g/mol. The van der Waals surface area contributed by atoms with Gasteiger partial charge in [-0.05, 0) is 31.0 Å². The van der Waals surface area contributed by atoms with Gasteiger partial charge in [-0.3, -0.25) is 4.79 Å². The van der Waals surface area contributed by atoms with Crippen LogP contribution in [0.1, 0.15) is 12.8 Å². The predicted molar refractivity (Wildman–Crippen MR) is 96.4 cm³/mol. The predicted octanol–water partition coefficient (Wildman–Crippen LogP) is 0.675. The van der Waals surface area contributed by atoms with E-state index in [0.717, 1.165) is 4.31 Å². The van der Waals surface area contributed by atoms with Crippen LogP contribution in [-0.4, -0.2) is 63.9 Å². The molecule has 0 spiro atoms. The SMILES string of the molecule is COc1ccc(NC(=O)[C@@H]2CCCN(C(N)=O)C2)cc1S(=O)(=O)N(C)C. The lowest BCUT2D eigenvalue weighted by Gasteiger charge is -2.30. The third-order valence-electron chi connectivity index (χ3n) is 4.29. The molecule has 1 aromatic carbocycles. The van der Waals surface area contributed by atoms with E-state index < -0.39 is 22.0 Å². The van der Waals surface area contributed by atoms with Gasteiger partial charge in [-0.1, -0.05) is 0 Å². The molecule has 9 nitrogen and oxygen atoms in total. The molecular formula is C16H24N4O5S. The molecule has 0 aromatic heterocycles. The van der Waals surface area contributed by atoms with Gasteiger partial charge in [0.15, 0.2) is 0 Å². The molecule has 3 amide bonds. The van der Waals surface area contributed by atoms with Crippen LogP contribution in [0.3, 0.4) is 0 Å². The van der Waals surface area contributed by atoms with Crippen molar-refractivity contribution in [1.29, 1.82) is 0 Å². The van der Waals surface area contributed by atoms with Crippen molar-refractivity contribution in [2.45, 2.75) is 17.7 Å². The molecule has 26 heavy (non-hydrogen) atoms. The van der Waals surface area contributed by atoms with Crippen LogP contribution < -0.4 is 15.8 Å². The first-order valence-electron chi connectivity index (χ1n) is 8.12. The van der Waals surface area contributed by atoms with E-state index in [2.05, 4.69) is 5.32 Å². The fourth-order valence-electron chi connectivity index (χ4n) is 2.79. The van der Waals surface area contributed by atoms with E-state index in [4.69, 9.17) is 10.5 Å². The number of likely N-dealkylation sites (tertiary alicyclic amines) is 1. The van der Waals surface area contributed by atoms with Gasteiger partial charge in [0.05, 0.1) is 13.0 Å². The number of hydrogen-bond donors (Lipinski definition) is 2. The molecule has 1 aliphatic heterocycles. The standard InChI is InChI=1S/C16H24N4O5S/c1-19(2)26(23,24)14-9-12(6-7-13(14)25-3)18-15(21)11-5-4-8-20(10-11)16(17)22/h6-7,9,11H,4-5,8,10H2,1-3H3,(H2,17,22)(H,18,21)/t11-/m1/s1. The first-order chi connectivity index (χ1) is 12.2. The van der Waals surface area contributed by atoms with Crippen molar-refractivity contribution in [3.63, 3.8) is 0 Å². The molecule has 1 saturated heterocycles. The number of primary amides is 1. The van der Waals surface area contributed by atoms with Crippen molar-refractivity contribution >= 4 is 27.6 Å². The lowest BCUT2D eigenvalue weighted by atomic mass is 9.97. The van der Waals surface area contributed by atoms with Gasteiger partial charge in [-0.15, -0.1) is 0 Å². The molecule has 1 aliphatic rings. The third kappa shape index (κ3) is 4.25. The summed E-state index contributed by atoms with van der Waals surface area (Å²) in [4.78, 5) is 25.2. The molecule has 1 aromatic rings. The summed E-state index contributed by atoms with van der Waals surface area (Å²) in [5.41, 5.74) is 5.62. The first kappa shape index (κ1) is 20.0. The highest BCUT2D eigenvalue weighted by atomic mass is 32.2. The molecule has 1 fully saturated rings. The molecule has 0 saturated carbocycles. The normalized spacial score (nSPS) is 17.8. The van der Waals surface area contributed by atoms with Crippen LogP contribution in [0, 0.1) is 5.92 Å². The van der Waals surface area contributed by atoms with E-state index >= 15 is 0 Å². The number of methoxy groups -OCH3 is 1. The van der Waals surface area contributed by atoms with Gasteiger partial charge in [0.1, 0.15) is 10.6 Å². The molecular weight excluding hydrogens is 360 g/mol. The minimum absolute atomic E-state index is 0.0368. The lowest BCUT2D eigenvalue weighted by Crippen LogP contribution is -2.46. The number of benzene rings is 1. The fraction of sp³-hybridized carbons (Fsp3) is 0.500. The number of hydrogen-bond acceptors (Lipinski definition) is 5. The van der Waals surface area contributed by atoms with E-state index in [1.54, 1.807) is 6.07 Å². The topological polar surface area (TPSA) is 122 Å². The van der Waals surface area contributed by atoms with Crippen LogP contribution in [0.4, 0.5) is 10.5 Å². The van der Waals surface area contributed by atoms with Gasteiger partial charge < -0.3 is 20.7 Å². The van der Waals surface area contributed by atoms with Crippen LogP contribution in [-0.2, 0) is 14.8 Å². The maximum Gasteiger partial charge on any atom is 0.314 e. The summed E-state index contributed by atoms with van der Waals surface area (Å²) in [7, 11) is 0.477. The smallest absolute Gasteiger partial charge is 0.314 e. The first-order valence-corrected chi connectivity index (χ1v) is 9.56. The zero-order valence-corrected chi connectivity index (χ0v) is 15.9. The Kier molecular flexibility index (Phi) is 6.09. The van der Waals surface area contributed by atoms with E-state index in [0.29, 0.717) is 25.1 Å². The van der Waals surface area contributed by atoms with E-state index in [1.807, 2.05) is 0 Å². The number of carbonyl (C=O) groups is 2. The quantitative estimate of drug-likeness (QED) is 0.773. The van der Waals surface area contributed by atoms with Gasteiger partial charge >= 0.3 is 6.03 Å². The maximum atomic E-state index is 12.5. The van der Waals surface area contributed by atoms with Crippen LogP contribution in [0.25, 0.3) is 0 Å². The number of anilines is 1. The fourth-order valence-corrected chi connectivity index (χ4v) is 3.86. The van der Waals surface area contributed by atoms with Crippen molar-refractivity contribution in [1.82, 2.24) is 9.21 Å². The zero-order chi connectivity index (χ0) is 19.5. The number of ether oxygens (including phenoxy) is 1. The highest BCUT2D eigenvalue weighted by molar-refractivity contribution is 7.89. The molecule has 2 rings (SSSR count). The summed E-state index contributed by atoms with van der Waals surface area (Å²) < 4.78 is 31.1. The summed E-state index contributed by atoms with van der Waals surface area (Å²) in [6.45, 7) is 0.785. The molecule has 3 N–H and O–H groups in total. The van der Waals surface area contributed by atoms with Crippen LogP contribution in [0.5, 0.6) is 5.75 Å². The Labute approximate surface area is 153 Å². The summed E-state index contributed by atoms with van der Waals surface area (Å²) >= 11 is 0. The number of urea groups is 1. The van der Waals surface area contributed by atoms with Gasteiger partial charge in [-0.2, -0.15) is 0 Å². The van der Waals surface area contributed by atoms with Crippen LogP contribution in [0.2, 0.25) is 0 Å². The van der Waals surface area contributed by atoms with Gasteiger partial charge in [0, 0.05) is 32.9 Å². The summed E-state index contributed by atoms with van der Waals surface area (Å²) in [5.74, 6) is -0.490. The molecule has 10 heteroatoms. The largest absolute Gasteiger partial charge is 0.495 e. The second-order valence-corrected chi connectivity index (χ2v) is 8.39. The zero-order valence-electron chi connectivity index (χ0n) is 15.1. The number of amides is 3. The number of nitrogens with zero attached hydrogens (tertiary/aromatic N) is 2. The molecule has 1 atom stereocenters. The van der Waals surface area contributed by atoms with Crippen molar-refractivity contribution < 1.29 is 22.7 Å². The maximum absolute atomic E-state index is 12.5. The number of carbonyl (C=O) groups excluding carboxylic acids is 2. The Morgan fingerprint density at radius 2 is 2.04 bits per heavy atom. The highest BCUT2D eigenvalue weighted by Crippen LogP contribution is 2.29. The highest BCUT2D eigenvalue weighted by Gasteiger charge is 2.28. The summed E-state index contributed by atoms with van der Waals surface area (Å²) in [5, 5.41) is 2.72. The number of nitrogens with one attached hydrogen (secondary N) is 1. The number of nitrogens with two attached hydrogens (primary N) is 1. The Bertz CT molecular complexity index is 794. The van der Waals surface area contributed by atoms with Gasteiger partial charge in [-0.25, -0.2) is 17.5 Å².